The molecule has 3 aromatic rings. The van der Waals surface area contributed by atoms with E-state index in [2.05, 4.69) is 22.8 Å². The lowest BCUT2D eigenvalue weighted by Gasteiger charge is -2.10. The number of amides is 2. The maximum atomic E-state index is 12.8. The molecule has 4 heteroatoms. The molecule has 136 valence electrons. The number of nitrogens with one attached hydrogen (secondary N) is 2. The maximum Gasteiger partial charge on any atom is 0.252 e. The molecular weight excluding hydrogens is 336 g/mol. The normalized spacial score (nSPS) is 12.2. The van der Waals surface area contributed by atoms with Crippen LogP contribution in [0.1, 0.15) is 44.3 Å². The Kier molecular flexibility index (Phi) is 4.63. The minimum absolute atomic E-state index is 0.0709. The van der Waals surface area contributed by atoms with Crippen LogP contribution in [0.3, 0.4) is 0 Å². The van der Waals surface area contributed by atoms with E-state index >= 15 is 0 Å². The Morgan fingerprint density at radius 1 is 0.852 bits per heavy atom. The smallest absolute Gasteiger partial charge is 0.252 e. The van der Waals surface area contributed by atoms with Gasteiger partial charge in [-0.05, 0) is 65.4 Å². The van der Waals surface area contributed by atoms with Crippen molar-refractivity contribution >= 4 is 22.6 Å². The van der Waals surface area contributed by atoms with Crippen LogP contribution < -0.4 is 10.6 Å². The van der Waals surface area contributed by atoms with Gasteiger partial charge >= 0.3 is 0 Å². The molecule has 2 amide bonds. The van der Waals surface area contributed by atoms with Gasteiger partial charge in [-0.1, -0.05) is 36.4 Å². The molecule has 0 fully saturated rings. The van der Waals surface area contributed by atoms with Crippen molar-refractivity contribution in [3.63, 3.8) is 0 Å². The molecule has 0 saturated heterocycles. The SMILES string of the molecule is CCNC(=O)c1ccc(CNC(=O)c2ccc3c4c(cccc24)CC3)cc1. The lowest BCUT2D eigenvalue weighted by molar-refractivity contribution is 0.0944. The van der Waals surface area contributed by atoms with Gasteiger partial charge in [-0.2, -0.15) is 0 Å². The van der Waals surface area contributed by atoms with Crippen molar-refractivity contribution in [3.8, 4) is 0 Å². The van der Waals surface area contributed by atoms with E-state index in [1.807, 2.05) is 37.3 Å². The molecule has 3 aromatic carbocycles. The minimum atomic E-state index is -0.0824. The van der Waals surface area contributed by atoms with Crippen molar-refractivity contribution in [2.45, 2.75) is 26.3 Å². The number of rotatable bonds is 5. The second-order valence-corrected chi connectivity index (χ2v) is 6.85. The van der Waals surface area contributed by atoms with E-state index in [1.54, 1.807) is 12.1 Å². The Morgan fingerprint density at radius 2 is 1.59 bits per heavy atom. The Morgan fingerprint density at radius 3 is 2.33 bits per heavy atom. The summed E-state index contributed by atoms with van der Waals surface area (Å²) in [5.74, 6) is -0.153. The predicted octanol–water partition coefficient (Wildman–Crippen LogP) is 3.62. The van der Waals surface area contributed by atoms with Gasteiger partial charge in [0, 0.05) is 24.2 Å². The molecule has 27 heavy (non-hydrogen) atoms. The summed E-state index contributed by atoms with van der Waals surface area (Å²) in [6.07, 6.45) is 2.10. The molecule has 0 spiro atoms. The summed E-state index contributed by atoms with van der Waals surface area (Å²) in [6.45, 7) is 2.92. The van der Waals surface area contributed by atoms with Crippen LogP contribution >= 0.6 is 0 Å². The van der Waals surface area contributed by atoms with Gasteiger partial charge < -0.3 is 10.6 Å². The Balaban J connectivity index is 1.49. The first-order valence-electron chi connectivity index (χ1n) is 9.36. The fourth-order valence-corrected chi connectivity index (χ4v) is 3.76. The summed E-state index contributed by atoms with van der Waals surface area (Å²) >= 11 is 0. The molecule has 0 radical (unpaired) electrons. The molecule has 0 saturated carbocycles. The first-order chi connectivity index (χ1) is 13.2. The first kappa shape index (κ1) is 17.3. The van der Waals surface area contributed by atoms with Crippen molar-refractivity contribution in [3.05, 3.63) is 82.4 Å². The van der Waals surface area contributed by atoms with E-state index in [1.165, 1.54) is 16.5 Å². The van der Waals surface area contributed by atoms with E-state index in [-0.39, 0.29) is 11.8 Å². The zero-order valence-corrected chi connectivity index (χ0v) is 15.3. The van der Waals surface area contributed by atoms with Gasteiger partial charge in [-0.25, -0.2) is 0 Å². The van der Waals surface area contributed by atoms with Gasteiger partial charge in [0.25, 0.3) is 11.8 Å². The third-order valence-corrected chi connectivity index (χ3v) is 5.13. The summed E-state index contributed by atoms with van der Waals surface area (Å²) in [5.41, 5.74) is 4.97. The molecule has 1 aliphatic carbocycles. The molecule has 0 heterocycles. The maximum absolute atomic E-state index is 12.8. The van der Waals surface area contributed by atoms with Crippen molar-refractivity contribution < 1.29 is 9.59 Å². The summed E-state index contributed by atoms with van der Waals surface area (Å²) in [7, 11) is 0. The number of aryl methyl sites for hydroxylation is 2. The standard InChI is InChI=1S/C23H22N2O2/c1-2-24-22(26)18-8-6-15(7-9-18)14-25-23(27)20-13-12-17-11-10-16-4-3-5-19(20)21(16)17/h3-9,12-13H,2,10-11,14H2,1H3,(H,24,26)(H,25,27). The lowest BCUT2D eigenvalue weighted by Crippen LogP contribution is -2.24. The molecule has 0 bridgehead atoms. The Hall–Kier alpha value is -3.14. The number of hydrogen-bond acceptors (Lipinski definition) is 2. The van der Waals surface area contributed by atoms with Crippen LogP contribution in [-0.2, 0) is 19.4 Å². The average Bonchev–Trinajstić information content (AvgIpc) is 3.12. The molecule has 4 nitrogen and oxygen atoms in total. The van der Waals surface area contributed by atoms with Crippen LogP contribution in [0.2, 0.25) is 0 Å². The van der Waals surface area contributed by atoms with E-state index < -0.39 is 0 Å². The van der Waals surface area contributed by atoms with Crippen molar-refractivity contribution in [1.29, 1.82) is 0 Å². The number of carbonyl (C=O) groups is 2. The number of benzene rings is 3. The molecule has 4 rings (SSSR count). The monoisotopic (exact) mass is 358 g/mol. The van der Waals surface area contributed by atoms with Gasteiger partial charge in [-0.15, -0.1) is 0 Å². The Bertz CT molecular complexity index is 1010. The minimum Gasteiger partial charge on any atom is -0.352 e. The van der Waals surface area contributed by atoms with Crippen molar-refractivity contribution in [2.24, 2.45) is 0 Å². The van der Waals surface area contributed by atoms with Gasteiger partial charge in [0.1, 0.15) is 0 Å². The number of hydrogen-bond donors (Lipinski definition) is 2. The Labute approximate surface area is 158 Å². The van der Waals surface area contributed by atoms with Crippen LogP contribution in [0.4, 0.5) is 0 Å². The summed E-state index contributed by atoms with van der Waals surface area (Å²) < 4.78 is 0. The van der Waals surface area contributed by atoms with E-state index in [0.29, 0.717) is 18.7 Å². The summed E-state index contributed by atoms with van der Waals surface area (Å²) in [5, 5.41) is 8.06. The first-order valence-corrected chi connectivity index (χ1v) is 9.36. The quantitative estimate of drug-likeness (QED) is 0.732. The zero-order valence-electron chi connectivity index (χ0n) is 15.3. The predicted molar refractivity (Wildman–Crippen MR) is 107 cm³/mol. The van der Waals surface area contributed by atoms with Crippen LogP contribution in [0.5, 0.6) is 0 Å². The van der Waals surface area contributed by atoms with Crippen molar-refractivity contribution in [1.82, 2.24) is 10.6 Å². The zero-order chi connectivity index (χ0) is 18.8. The number of carbonyl (C=O) groups excluding carboxylic acids is 2. The van der Waals surface area contributed by atoms with Crippen LogP contribution in [-0.4, -0.2) is 18.4 Å². The highest BCUT2D eigenvalue weighted by Gasteiger charge is 2.18. The third kappa shape index (κ3) is 3.31. The lowest BCUT2D eigenvalue weighted by atomic mass is 9.99. The van der Waals surface area contributed by atoms with Gasteiger partial charge in [-0.3, -0.25) is 9.59 Å². The molecule has 0 unspecified atom stereocenters. The highest BCUT2D eigenvalue weighted by Crippen LogP contribution is 2.32. The molecule has 1 aliphatic rings. The fourth-order valence-electron chi connectivity index (χ4n) is 3.76. The highest BCUT2D eigenvalue weighted by atomic mass is 16.2. The van der Waals surface area contributed by atoms with Crippen molar-refractivity contribution in [2.75, 3.05) is 6.54 Å². The van der Waals surface area contributed by atoms with Gasteiger partial charge in [0.2, 0.25) is 0 Å². The molecule has 0 aromatic heterocycles. The van der Waals surface area contributed by atoms with Crippen LogP contribution in [0, 0.1) is 0 Å². The topological polar surface area (TPSA) is 58.2 Å². The van der Waals surface area contributed by atoms with E-state index in [0.717, 1.165) is 29.4 Å². The van der Waals surface area contributed by atoms with Gasteiger partial charge in [0.15, 0.2) is 0 Å². The second kappa shape index (κ2) is 7.23. The van der Waals surface area contributed by atoms with E-state index in [9.17, 15) is 9.59 Å². The molecular formula is C23H22N2O2. The second-order valence-electron chi connectivity index (χ2n) is 6.85. The molecule has 2 N–H and O–H groups in total. The average molecular weight is 358 g/mol. The fraction of sp³-hybridized carbons (Fsp3) is 0.217. The van der Waals surface area contributed by atoms with Crippen LogP contribution in [0.25, 0.3) is 10.8 Å². The summed E-state index contributed by atoms with van der Waals surface area (Å²) in [6, 6.07) is 17.5. The van der Waals surface area contributed by atoms with Gasteiger partial charge in [0.05, 0.1) is 0 Å². The molecule has 0 aliphatic heterocycles. The summed E-state index contributed by atoms with van der Waals surface area (Å²) in [4.78, 5) is 24.6. The largest absolute Gasteiger partial charge is 0.352 e. The van der Waals surface area contributed by atoms with E-state index in [4.69, 9.17) is 0 Å². The highest BCUT2D eigenvalue weighted by molar-refractivity contribution is 6.09. The third-order valence-electron chi connectivity index (χ3n) is 5.13. The van der Waals surface area contributed by atoms with Crippen LogP contribution in [0.15, 0.2) is 54.6 Å². The molecule has 0 atom stereocenters.